The van der Waals surface area contributed by atoms with Crippen LogP contribution in [0.25, 0.3) is 0 Å². The molecule has 0 atom stereocenters. The lowest BCUT2D eigenvalue weighted by atomic mass is 10.1. The second kappa shape index (κ2) is 3.94. The Bertz CT molecular complexity index is 171. The quantitative estimate of drug-likeness (QED) is 0.589. The lowest BCUT2D eigenvalue weighted by Gasteiger charge is -2.07. The van der Waals surface area contributed by atoms with E-state index < -0.39 is 0 Å². The minimum Gasteiger partial charge on any atom is -0.362 e. The fraction of sp³-hybridized carbons (Fsp3) is 0.333. The van der Waals surface area contributed by atoms with Crippen LogP contribution in [0.4, 0.5) is 0 Å². The fourth-order valence-electron chi connectivity index (χ4n) is 0.796. The van der Waals surface area contributed by atoms with Gasteiger partial charge in [-0.15, -0.1) is 0 Å². The van der Waals surface area contributed by atoms with Crippen LogP contribution in [0.5, 0.6) is 0 Å². The van der Waals surface area contributed by atoms with Gasteiger partial charge in [0.1, 0.15) is 0 Å². The highest BCUT2D eigenvalue weighted by Gasteiger charge is 1.95. The first kappa shape index (κ1) is 9.02. The van der Waals surface area contributed by atoms with Gasteiger partial charge in [0.05, 0.1) is 0 Å². The zero-order valence-electron chi connectivity index (χ0n) is 6.99. The molecule has 1 N–H and O–H groups in total. The Morgan fingerprint density at radius 2 is 1.80 bits per heavy atom. The smallest absolute Gasteiger partial charge is 0.0389 e. The monoisotopic (exact) mass is 137 g/mol. The van der Waals surface area contributed by atoms with Gasteiger partial charge in [-0.3, -0.25) is 0 Å². The summed E-state index contributed by atoms with van der Waals surface area (Å²) < 4.78 is 0. The number of hydrogen-bond acceptors (Lipinski definition) is 1. The molecular weight excluding hydrogens is 122 g/mol. The molecule has 0 aliphatic heterocycles. The minimum atomic E-state index is 1.04. The van der Waals surface area contributed by atoms with E-state index in [0.717, 1.165) is 11.3 Å². The largest absolute Gasteiger partial charge is 0.362 e. The van der Waals surface area contributed by atoms with Gasteiger partial charge in [0.2, 0.25) is 0 Å². The van der Waals surface area contributed by atoms with Gasteiger partial charge >= 0.3 is 0 Å². The van der Waals surface area contributed by atoms with Crippen LogP contribution in [0.3, 0.4) is 0 Å². The summed E-state index contributed by atoms with van der Waals surface area (Å²) in [5, 5.41) is 3.03. The topological polar surface area (TPSA) is 12.0 Å². The molecule has 0 rings (SSSR count). The fourth-order valence-corrected chi connectivity index (χ4v) is 0.796. The molecule has 0 aromatic heterocycles. The second-order valence-electron chi connectivity index (χ2n) is 2.50. The van der Waals surface area contributed by atoms with Gasteiger partial charge in [-0.05, 0) is 32.5 Å². The van der Waals surface area contributed by atoms with Crippen molar-refractivity contribution in [3.05, 3.63) is 36.2 Å². The average Bonchev–Trinajstić information content (AvgIpc) is 1.81. The maximum absolute atomic E-state index is 3.83. The van der Waals surface area contributed by atoms with Crippen molar-refractivity contribution in [2.24, 2.45) is 0 Å². The molecule has 0 radical (unpaired) electrons. The summed E-state index contributed by atoms with van der Waals surface area (Å²) in [4.78, 5) is 0. The van der Waals surface area contributed by atoms with Crippen LogP contribution in [-0.4, -0.2) is 0 Å². The summed E-state index contributed by atoms with van der Waals surface area (Å²) in [7, 11) is 0. The summed E-state index contributed by atoms with van der Waals surface area (Å²) >= 11 is 0. The van der Waals surface area contributed by atoms with Gasteiger partial charge in [-0.25, -0.2) is 0 Å². The molecule has 0 aliphatic carbocycles. The Morgan fingerprint density at radius 1 is 1.30 bits per heavy atom. The van der Waals surface area contributed by atoms with Crippen molar-refractivity contribution in [3.63, 3.8) is 0 Å². The lowest BCUT2D eigenvalue weighted by Crippen LogP contribution is -2.06. The third-order valence-corrected chi connectivity index (χ3v) is 1.17. The summed E-state index contributed by atoms with van der Waals surface area (Å²) in [6.45, 7) is 13.5. The molecule has 0 heterocycles. The van der Waals surface area contributed by atoms with E-state index in [4.69, 9.17) is 0 Å². The molecule has 0 unspecified atom stereocenters. The van der Waals surface area contributed by atoms with Crippen molar-refractivity contribution in [2.75, 3.05) is 0 Å². The van der Waals surface area contributed by atoms with E-state index in [1.54, 1.807) is 6.20 Å². The zero-order valence-corrected chi connectivity index (χ0v) is 6.99. The normalized spacial score (nSPS) is 8.30. The van der Waals surface area contributed by atoms with Gasteiger partial charge in [-0.2, -0.15) is 0 Å². The predicted octanol–water partition coefficient (Wildman–Crippen LogP) is 2.59. The van der Waals surface area contributed by atoms with Gasteiger partial charge in [-0.1, -0.05) is 18.7 Å². The van der Waals surface area contributed by atoms with E-state index in [2.05, 4.69) is 18.5 Å². The third kappa shape index (κ3) is 2.53. The Labute approximate surface area is 63.1 Å². The zero-order chi connectivity index (χ0) is 8.15. The van der Waals surface area contributed by atoms with Crippen LogP contribution >= 0.6 is 0 Å². The van der Waals surface area contributed by atoms with E-state index >= 15 is 0 Å². The van der Waals surface area contributed by atoms with Crippen LogP contribution < -0.4 is 5.32 Å². The van der Waals surface area contributed by atoms with Crippen molar-refractivity contribution in [2.45, 2.75) is 20.8 Å². The average molecular weight is 137 g/mol. The Kier molecular flexibility index (Phi) is 3.55. The predicted molar refractivity (Wildman–Crippen MR) is 46.5 cm³/mol. The summed E-state index contributed by atoms with van der Waals surface area (Å²) in [5.74, 6) is 0. The van der Waals surface area contributed by atoms with Crippen molar-refractivity contribution < 1.29 is 0 Å². The molecule has 10 heavy (non-hydrogen) atoms. The maximum atomic E-state index is 3.83. The van der Waals surface area contributed by atoms with Crippen LogP contribution in [0, 0.1) is 0 Å². The molecule has 0 aliphatic rings. The molecule has 0 saturated heterocycles. The van der Waals surface area contributed by atoms with Crippen molar-refractivity contribution >= 4 is 0 Å². The maximum Gasteiger partial charge on any atom is 0.0389 e. The Hall–Kier alpha value is -0.980. The molecule has 1 nitrogen and oxygen atoms in total. The van der Waals surface area contributed by atoms with E-state index in [1.807, 2.05) is 20.8 Å². The molecular formula is C9H15N. The minimum absolute atomic E-state index is 1.04. The number of nitrogens with one attached hydrogen (secondary N) is 1. The molecule has 0 spiro atoms. The standard InChI is InChI=1S/C9H15N/c1-6-10-9(7(2)3)8(4)5/h6,10H,1-2H2,3-5H3. The van der Waals surface area contributed by atoms with Crippen LogP contribution in [0.2, 0.25) is 0 Å². The van der Waals surface area contributed by atoms with E-state index in [0.29, 0.717) is 0 Å². The van der Waals surface area contributed by atoms with E-state index in [9.17, 15) is 0 Å². The Morgan fingerprint density at radius 3 is 1.90 bits per heavy atom. The molecule has 0 fully saturated rings. The van der Waals surface area contributed by atoms with Gasteiger partial charge < -0.3 is 5.32 Å². The van der Waals surface area contributed by atoms with Gasteiger partial charge in [0.25, 0.3) is 0 Å². The molecule has 56 valence electrons. The lowest BCUT2D eigenvalue weighted by molar-refractivity contribution is 1.03. The van der Waals surface area contributed by atoms with Crippen molar-refractivity contribution in [1.82, 2.24) is 5.32 Å². The number of rotatable bonds is 3. The van der Waals surface area contributed by atoms with Crippen molar-refractivity contribution in [3.8, 4) is 0 Å². The van der Waals surface area contributed by atoms with E-state index in [1.165, 1.54) is 5.57 Å². The molecule has 0 bridgehead atoms. The third-order valence-electron chi connectivity index (χ3n) is 1.17. The van der Waals surface area contributed by atoms with Gasteiger partial charge in [0, 0.05) is 5.70 Å². The number of hydrogen-bond donors (Lipinski definition) is 1. The van der Waals surface area contributed by atoms with E-state index in [-0.39, 0.29) is 0 Å². The highest BCUT2D eigenvalue weighted by atomic mass is 14.8. The first-order valence-corrected chi connectivity index (χ1v) is 3.30. The first-order valence-electron chi connectivity index (χ1n) is 3.30. The molecule has 0 amide bonds. The SMILES string of the molecule is C=CNC(C(=C)C)=C(C)C. The molecule has 0 aromatic rings. The molecule has 1 heteroatoms. The first-order chi connectivity index (χ1) is 4.59. The van der Waals surface area contributed by atoms with Crippen LogP contribution in [-0.2, 0) is 0 Å². The molecule has 0 saturated carbocycles. The highest BCUT2D eigenvalue weighted by Crippen LogP contribution is 2.07. The number of allylic oxidation sites excluding steroid dienone is 2. The summed E-state index contributed by atoms with van der Waals surface area (Å²) in [6.07, 6.45) is 1.66. The highest BCUT2D eigenvalue weighted by molar-refractivity contribution is 5.29. The summed E-state index contributed by atoms with van der Waals surface area (Å²) in [5.41, 5.74) is 3.35. The summed E-state index contributed by atoms with van der Waals surface area (Å²) in [6, 6.07) is 0. The second-order valence-corrected chi connectivity index (χ2v) is 2.50. The van der Waals surface area contributed by atoms with Crippen LogP contribution in [0.15, 0.2) is 36.2 Å². The van der Waals surface area contributed by atoms with Gasteiger partial charge in [0.15, 0.2) is 0 Å². The Balaban J connectivity index is 4.42. The molecule has 0 aromatic carbocycles. The van der Waals surface area contributed by atoms with Crippen LogP contribution in [0.1, 0.15) is 20.8 Å². The van der Waals surface area contributed by atoms with Crippen molar-refractivity contribution in [1.29, 1.82) is 0 Å².